The Balaban J connectivity index is 1.45. The smallest absolute Gasteiger partial charge is 0.338 e. The third-order valence-corrected chi connectivity index (χ3v) is 5.66. The van der Waals surface area contributed by atoms with E-state index in [9.17, 15) is 14.4 Å². The molecule has 0 aliphatic carbocycles. The van der Waals surface area contributed by atoms with Crippen LogP contribution in [0.2, 0.25) is 0 Å². The van der Waals surface area contributed by atoms with Gasteiger partial charge in [0.05, 0.1) is 30.0 Å². The second-order valence-electron chi connectivity index (χ2n) is 6.95. The fourth-order valence-corrected chi connectivity index (χ4v) is 4.02. The van der Waals surface area contributed by atoms with Crippen LogP contribution >= 0.6 is 11.8 Å². The predicted octanol–water partition coefficient (Wildman–Crippen LogP) is 3.41. The molecule has 0 fully saturated rings. The molecule has 0 bridgehead atoms. The van der Waals surface area contributed by atoms with Crippen LogP contribution in [0, 0.1) is 0 Å². The Morgan fingerprint density at radius 1 is 1.09 bits per heavy atom. The number of amides is 2. The van der Waals surface area contributed by atoms with Gasteiger partial charge >= 0.3 is 18.0 Å². The molecular formula is C23H21N3O6S. The van der Waals surface area contributed by atoms with Gasteiger partial charge in [0.2, 0.25) is 0 Å². The first-order valence-corrected chi connectivity index (χ1v) is 11.2. The summed E-state index contributed by atoms with van der Waals surface area (Å²) in [5.74, 6) is -0.714. The molecule has 0 saturated heterocycles. The van der Waals surface area contributed by atoms with E-state index in [2.05, 4.69) is 15.6 Å². The number of ether oxygens (including phenoxy) is 2. The van der Waals surface area contributed by atoms with Gasteiger partial charge < -0.3 is 24.5 Å². The van der Waals surface area contributed by atoms with E-state index in [0.717, 1.165) is 11.1 Å². The number of urea groups is 1. The maximum absolute atomic E-state index is 12.8. The number of hydrogen-bond acceptors (Lipinski definition) is 8. The van der Waals surface area contributed by atoms with Crippen LogP contribution < -0.4 is 10.6 Å². The molecule has 0 spiro atoms. The summed E-state index contributed by atoms with van der Waals surface area (Å²) in [5, 5.41) is 5.52. The fourth-order valence-electron chi connectivity index (χ4n) is 3.18. The standard InChI is InChI=1S/C23H21N3O6S/c1-2-30-21(28)16-11-24-22(29)25-18(16)12-31-20(27)15-8-4-3-7-14(15)13-33-23-26-17-9-5-6-10-19(17)32-23/h3-10H,2,11-13H2,1H3,(H2,24,25,29). The van der Waals surface area contributed by atoms with Crippen LogP contribution in [0.4, 0.5) is 4.79 Å². The van der Waals surface area contributed by atoms with Gasteiger partial charge in [-0.25, -0.2) is 19.4 Å². The highest BCUT2D eigenvalue weighted by Gasteiger charge is 2.25. The van der Waals surface area contributed by atoms with Gasteiger partial charge in [0, 0.05) is 5.75 Å². The number of aromatic nitrogens is 1. The van der Waals surface area contributed by atoms with Gasteiger partial charge in [0.1, 0.15) is 12.1 Å². The summed E-state index contributed by atoms with van der Waals surface area (Å²) in [4.78, 5) is 41.1. The van der Waals surface area contributed by atoms with Gasteiger partial charge in [0.25, 0.3) is 5.22 Å². The van der Waals surface area contributed by atoms with Crippen molar-refractivity contribution in [1.82, 2.24) is 15.6 Å². The minimum Gasteiger partial charge on any atom is -0.463 e. The van der Waals surface area contributed by atoms with Crippen LogP contribution in [0.15, 0.2) is 69.4 Å². The van der Waals surface area contributed by atoms with Crippen molar-refractivity contribution in [3.8, 4) is 0 Å². The average Bonchev–Trinajstić information content (AvgIpc) is 3.24. The molecule has 2 heterocycles. The maximum atomic E-state index is 12.8. The molecule has 33 heavy (non-hydrogen) atoms. The molecule has 1 aliphatic heterocycles. The number of carbonyl (C=O) groups is 3. The fraction of sp³-hybridized carbons (Fsp3) is 0.217. The lowest BCUT2D eigenvalue weighted by molar-refractivity contribution is -0.138. The first-order valence-electron chi connectivity index (χ1n) is 10.2. The molecule has 3 aromatic rings. The summed E-state index contributed by atoms with van der Waals surface area (Å²) >= 11 is 1.37. The Bertz CT molecular complexity index is 1200. The molecule has 9 nitrogen and oxygen atoms in total. The molecule has 4 rings (SSSR count). The van der Waals surface area contributed by atoms with Crippen molar-refractivity contribution in [2.75, 3.05) is 19.8 Å². The summed E-state index contributed by atoms with van der Waals surface area (Å²) < 4.78 is 16.1. The Morgan fingerprint density at radius 2 is 1.88 bits per heavy atom. The van der Waals surface area contributed by atoms with Gasteiger partial charge in [0.15, 0.2) is 5.58 Å². The second kappa shape index (κ2) is 10.2. The molecule has 10 heteroatoms. The molecule has 170 valence electrons. The van der Waals surface area contributed by atoms with Crippen molar-refractivity contribution in [3.63, 3.8) is 0 Å². The Hall–Kier alpha value is -3.79. The quantitative estimate of drug-likeness (QED) is 0.382. The third kappa shape index (κ3) is 5.35. The number of nitrogens with zero attached hydrogens (tertiary/aromatic N) is 1. The van der Waals surface area contributed by atoms with Crippen LogP contribution in [0.1, 0.15) is 22.8 Å². The zero-order valence-electron chi connectivity index (χ0n) is 17.8. The number of fused-ring (bicyclic) bond motifs is 1. The van der Waals surface area contributed by atoms with E-state index < -0.39 is 18.0 Å². The van der Waals surface area contributed by atoms with Crippen molar-refractivity contribution >= 4 is 40.8 Å². The lowest BCUT2D eigenvalue weighted by Gasteiger charge is -2.21. The summed E-state index contributed by atoms with van der Waals surface area (Å²) in [6.45, 7) is 1.60. The van der Waals surface area contributed by atoms with Gasteiger partial charge in [-0.1, -0.05) is 42.1 Å². The van der Waals surface area contributed by atoms with Crippen molar-refractivity contribution in [1.29, 1.82) is 0 Å². The van der Waals surface area contributed by atoms with Gasteiger partial charge in [-0.15, -0.1) is 0 Å². The molecule has 1 aromatic heterocycles. The van der Waals surface area contributed by atoms with Gasteiger partial charge in [-0.2, -0.15) is 0 Å². The molecule has 2 N–H and O–H groups in total. The van der Waals surface area contributed by atoms with E-state index in [-0.39, 0.29) is 31.0 Å². The lowest BCUT2D eigenvalue weighted by Crippen LogP contribution is -2.45. The van der Waals surface area contributed by atoms with E-state index in [1.807, 2.05) is 36.4 Å². The van der Waals surface area contributed by atoms with E-state index in [1.54, 1.807) is 19.1 Å². The van der Waals surface area contributed by atoms with Crippen molar-refractivity contribution in [2.24, 2.45) is 0 Å². The molecule has 2 amide bonds. The number of rotatable bonds is 8. The molecular weight excluding hydrogens is 446 g/mol. The van der Waals surface area contributed by atoms with Crippen LogP contribution in [-0.4, -0.2) is 42.7 Å². The van der Waals surface area contributed by atoms with Gasteiger partial charge in [-0.05, 0) is 30.7 Å². The highest BCUT2D eigenvalue weighted by molar-refractivity contribution is 7.98. The highest BCUT2D eigenvalue weighted by Crippen LogP contribution is 2.27. The van der Waals surface area contributed by atoms with Crippen LogP contribution in [0.25, 0.3) is 11.1 Å². The van der Waals surface area contributed by atoms with E-state index in [0.29, 0.717) is 22.1 Å². The number of benzene rings is 2. The predicted molar refractivity (Wildman–Crippen MR) is 120 cm³/mol. The zero-order valence-corrected chi connectivity index (χ0v) is 18.6. The number of esters is 2. The molecule has 0 saturated carbocycles. The van der Waals surface area contributed by atoms with E-state index in [4.69, 9.17) is 13.9 Å². The second-order valence-corrected chi connectivity index (χ2v) is 7.88. The Morgan fingerprint density at radius 3 is 2.70 bits per heavy atom. The third-order valence-electron chi connectivity index (χ3n) is 4.79. The molecule has 1 aliphatic rings. The first-order chi connectivity index (χ1) is 16.0. The SMILES string of the molecule is CCOC(=O)C1=C(COC(=O)c2ccccc2CSc2nc3ccccc3o2)NC(=O)NC1. The van der Waals surface area contributed by atoms with Crippen LogP contribution in [0.3, 0.4) is 0 Å². The Kier molecular flexibility index (Phi) is 6.94. The highest BCUT2D eigenvalue weighted by atomic mass is 32.2. The molecule has 2 aromatic carbocycles. The number of nitrogens with one attached hydrogen (secondary N) is 2. The van der Waals surface area contributed by atoms with Crippen LogP contribution in [-0.2, 0) is 20.0 Å². The molecule has 0 radical (unpaired) electrons. The summed E-state index contributed by atoms with van der Waals surface area (Å²) in [7, 11) is 0. The number of oxazole rings is 1. The van der Waals surface area contributed by atoms with Gasteiger partial charge in [-0.3, -0.25) is 0 Å². The normalized spacial score (nSPS) is 13.4. The monoisotopic (exact) mass is 467 g/mol. The van der Waals surface area contributed by atoms with E-state index in [1.165, 1.54) is 11.8 Å². The maximum Gasteiger partial charge on any atom is 0.338 e. The zero-order chi connectivity index (χ0) is 23.2. The topological polar surface area (TPSA) is 120 Å². The largest absolute Gasteiger partial charge is 0.463 e. The van der Waals surface area contributed by atoms with Crippen molar-refractivity contribution < 1.29 is 28.3 Å². The molecule has 0 unspecified atom stereocenters. The lowest BCUT2D eigenvalue weighted by atomic mass is 10.1. The Labute approximate surface area is 193 Å². The first kappa shape index (κ1) is 22.4. The number of carbonyl (C=O) groups excluding carboxylic acids is 3. The number of thioether (sulfide) groups is 1. The number of hydrogen-bond donors (Lipinski definition) is 2. The average molecular weight is 468 g/mol. The van der Waals surface area contributed by atoms with Crippen molar-refractivity contribution in [3.05, 3.63) is 70.9 Å². The molecule has 0 atom stereocenters. The van der Waals surface area contributed by atoms with Crippen molar-refractivity contribution in [2.45, 2.75) is 17.9 Å². The van der Waals surface area contributed by atoms with E-state index >= 15 is 0 Å². The minimum atomic E-state index is -0.578. The summed E-state index contributed by atoms with van der Waals surface area (Å²) in [6.07, 6.45) is 0. The number of para-hydroxylation sites is 2. The summed E-state index contributed by atoms with van der Waals surface area (Å²) in [5.41, 5.74) is 2.99. The minimum absolute atomic E-state index is 0.00468. The van der Waals surface area contributed by atoms with Crippen LogP contribution in [0.5, 0.6) is 0 Å². The summed E-state index contributed by atoms with van der Waals surface area (Å²) in [6, 6.07) is 14.0.